The molecule has 10 nitrogen and oxygen atoms in total. The zero-order chi connectivity index (χ0) is 27.0. The Balaban J connectivity index is 0.000000374. The average molecular weight is 532 g/mol. The van der Waals surface area contributed by atoms with Gasteiger partial charge in [-0.1, -0.05) is 0 Å². The van der Waals surface area contributed by atoms with E-state index in [4.69, 9.17) is 9.90 Å². The maximum atomic E-state index is 13.3. The standard InChI is InChI=1S/C23H27N7O.C2HF3O2/c1-15-13-29-14-19(18(16-2-3-16)12-21(29)26-15)27-23(31)30-9-5-17-20(4-6-25-22(17)30)28-10-7-24-8-11-28;3-2(4,5)1(6)7/h4,6,12-14,16,24H,2-3,5,7-11H2,1H3,(H,27,31);(H,6,7). The number of nitrogens with zero attached hydrogens (tertiary/aromatic N) is 5. The van der Waals surface area contributed by atoms with Crippen molar-refractivity contribution in [1.29, 1.82) is 0 Å². The maximum Gasteiger partial charge on any atom is 0.490 e. The smallest absolute Gasteiger partial charge is 0.475 e. The number of amides is 2. The first-order chi connectivity index (χ1) is 18.1. The number of carboxylic acids is 1. The van der Waals surface area contributed by atoms with Crippen molar-refractivity contribution in [1.82, 2.24) is 19.7 Å². The van der Waals surface area contributed by atoms with Crippen molar-refractivity contribution in [3.63, 3.8) is 0 Å². The predicted molar refractivity (Wildman–Crippen MR) is 135 cm³/mol. The molecule has 1 aliphatic carbocycles. The molecule has 202 valence electrons. The van der Waals surface area contributed by atoms with Crippen LogP contribution in [0.4, 0.5) is 35.2 Å². The van der Waals surface area contributed by atoms with Crippen LogP contribution in [-0.4, -0.2) is 70.4 Å². The van der Waals surface area contributed by atoms with Crippen LogP contribution in [0, 0.1) is 6.92 Å². The summed E-state index contributed by atoms with van der Waals surface area (Å²) in [5, 5.41) is 13.7. The van der Waals surface area contributed by atoms with E-state index in [0.717, 1.165) is 55.4 Å². The molecule has 0 bridgehead atoms. The van der Waals surface area contributed by atoms with Crippen molar-refractivity contribution < 1.29 is 27.9 Å². The zero-order valence-corrected chi connectivity index (χ0v) is 20.8. The number of halogens is 3. The van der Waals surface area contributed by atoms with Crippen molar-refractivity contribution in [3.05, 3.63) is 47.5 Å². The van der Waals surface area contributed by atoms with E-state index >= 15 is 0 Å². The summed E-state index contributed by atoms with van der Waals surface area (Å²) >= 11 is 0. The first-order valence-electron chi connectivity index (χ1n) is 12.4. The Kier molecular flexibility index (Phi) is 6.86. The minimum absolute atomic E-state index is 0.109. The molecule has 5 heterocycles. The van der Waals surface area contributed by atoms with E-state index in [-0.39, 0.29) is 6.03 Å². The number of nitrogens with one attached hydrogen (secondary N) is 2. The first-order valence-corrected chi connectivity index (χ1v) is 12.4. The third kappa shape index (κ3) is 5.37. The van der Waals surface area contributed by atoms with Gasteiger partial charge in [0.05, 0.1) is 11.4 Å². The lowest BCUT2D eigenvalue weighted by atomic mass is 10.1. The number of aryl methyl sites for hydroxylation is 1. The Morgan fingerprint density at radius 1 is 1.16 bits per heavy atom. The van der Waals surface area contributed by atoms with Gasteiger partial charge in [0.1, 0.15) is 11.5 Å². The van der Waals surface area contributed by atoms with Crippen molar-refractivity contribution in [2.24, 2.45) is 0 Å². The zero-order valence-electron chi connectivity index (χ0n) is 20.8. The molecule has 2 aliphatic heterocycles. The Labute approximate surface area is 216 Å². The lowest BCUT2D eigenvalue weighted by molar-refractivity contribution is -0.192. The van der Waals surface area contributed by atoms with Crippen molar-refractivity contribution in [2.45, 2.75) is 38.3 Å². The van der Waals surface area contributed by atoms with E-state index < -0.39 is 12.1 Å². The number of carboxylic acid groups (broad SMARTS) is 1. The molecular weight excluding hydrogens is 503 g/mol. The fourth-order valence-corrected chi connectivity index (χ4v) is 4.87. The first kappa shape index (κ1) is 25.8. The fourth-order valence-electron chi connectivity index (χ4n) is 4.87. The molecule has 0 unspecified atom stereocenters. The quantitative estimate of drug-likeness (QED) is 0.474. The lowest BCUT2D eigenvalue weighted by Gasteiger charge is -2.31. The monoisotopic (exact) mass is 531 g/mol. The number of pyridine rings is 2. The summed E-state index contributed by atoms with van der Waals surface area (Å²) in [7, 11) is 0. The van der Waals surface area contributed by atoms with Gasteiger partial charge in [-0.15, -0.1) is 0 Å². The number of aromatic nitrogens is 3. The van der Waals surface area contributed by atoms with Crippen LogP contribution < -0.4 is 20.4 Å². The number of rotatable bonds is 3. The van der Waals surface area contributed by atoms with Crippen molar-refractivity contribution >= 4 is 34.8 Å². The van der Waals surface area contributed by atoms with E-state index in [1.165, 1.54) is 29.7 Å². The molecule has 38 heavy (non-hydrogen) atoms. The van der Waals surface area contributed by atoms with Crippen molar-refractivity contribution in [3.8, 4) is 0 Å². The minimum Gasteiger partial charge on any atom is -0.475 e. The summed E-state index contributed by atoms with van der Waals surface area (Å²) in [5.74, 6) is -1.45. The van der Waals surface area contributed by atoms with E-state index in [2.05, 4.69) is 37.6 Å². The molecule has 0 spiro atoms. The highest BCUT2D eigenvalue weighted by Gasteiger charge is 2.38. The van der Waals surface area contributed by atoms with Crippen LogP contribution in [0.25, 0.3) is 5.65 Å². The van der Waals surface area contributed by atoms with Crippen LogP contribution in [0.1, 0.15) is 35.6 Å². The molecule has 3 aliphatic rings. The van der Waals surface area contributed by atoms with Gasteiger partial charge in [-0.3, -0.25) is 4.90 Å². The van der Waals surface area contributed by atoms with E-state index in [1.54, 1.807) is 4.90 Å². The summed E-state index contributed by atoms with van der Waals surface area (Å²) in [6.45, 7) is 6.59. The molecule has 2 fully saturated rings. The van der Waals surface area contributed by atoms with E-state index in [0.29, 0.717) is 12.5 Å². The Bertz CT molecular complexity index is 1360. The van der Waals surface area contributed by atoms with Crippen LogP contribution in [-0.2, 0) is 11.2 Å². The second-order valence-corrected chi connectivity index (χ2v) is 9.57. The van der Waals surface area contributed by atoms with Gasteiger partial charge in [0.15, 0.2) is 0 Å². The molecule has 1 saturated heterocycles. The number of aliphatic carboxylic acids is 1. The van der Waals surface area contributed by atoms with E-state index in [9.17, 15) is 18.0 Å². The number of hydrogen-bond acceptors (Lipinski definition) is 6. The summed E-state index contributed by atoms with van der Waals surface area (Å²) in [4.78, 5) is 35.6. The van der Waals surface area contributed by atoms with Gasteiger partial charge in [0.25, 0.3) is 0 Å². The normalized spacial score (nSPS) is 17.2. The molecule has 3 aromatic rings. The van der Waals surface area contributed by atoms with Crippen LogP contribution in [0.3, 0.4) is 0 Å². The van der Waals surface area contributed by atoms with Gasteiger partial charge in [-0.05, 0) is 49.8 Å². The number of carbonyl (C=O) groups excluding carboxylic acids is 1. The van der Waals surface area contributed by atoms with Crippen LogP contribution in [0.2, 0.25) is 0 Å². The summed E-state index contributed by atoms with van der Waals surface area (Å²) in [6.07, 6.45) is 3.92. The molecule has 0 radical (unpaired) electrons. The number of anilines is 3. The van der Waals surface area contributed by atoms with E-state index in [1.807, 2.05) is 29.9 Å². The molecule has 3 aromatic heterocycles. The van der Waals surface area contributed by atoms with Gasteiger partial charge >= 0.3 is 18.2 Å². The van der Waals surface area contributed by atoms with Gasteiger partial charge in [-0.2, -0.15) is 13.2 Å². The average Bonchev–Trinajstić information content (AvgIpc) is 3.52. The number of alkyl halides is 3. The number of urea groups is 1. The number of imidazole rings is 1. The van der Waals surface area contributed by atoms with Gasteiger partial charge in [0.2, 0.25) is 0 Å². The Morgan fingerprint density at radius 2 is 1.87 bits per heavy atom. The highest BCUT2D eigenvalue weighted by atomic mass is 19.4. The lowest BCUT2D eigenvalue weighted by Crippen LogP contribution is -2.43. The number of carbonyl (C=O) groups is 2. The Hall–Kier alpha value is -3.87. The summed E-state index contributed by atoms with van der Waals surface area (Å²) < 4.78 is 33.7. The number of piperazine rings is 1. The van der Waals surface area contributed by atoms with Crippen LogP contribution in [0.15, 0.2) is 30.7 Å². The van der Waals surface area contributed by atoms with Gasteiger partial charge in [0, 0.05) is 62.6 Å². The highest BCUT2D eigenvalue weighted by molar-refractivity contribution is 6.03. The summed E-state index contributed by atoms with van der Waals surface area (Å²) in [5.41, 5.74) is 6.38. The van der Waals surface area contributed by atoms with Gasteiger partial charge in [-0.25, -0.2) is 19.6 Å². The second-order valence-electron chi connectivity index (χ2n) is 9.57. The molecule has 13 heteroatoms. The third-order valence-corrected chi connectivity index (χ3v) is 6.80. The molecule has 0 atom stereocenters. The third-order valence-electron chi connectivity index (χ3n) is 6.80. The molecule has 0 aromatic carbocycles. The summed E-state index contributed by atoms with van der Waals surface area (Å²) in [6, 6.07) is 4.10. The predicted octanol–water partition coefficient (Wildman–Crippen LogP) is 3.55. The molecular formula is C25H28F3N7O3. The number of fused-ring (bicyclic) bond motifs is 2. The Morgan fingerprint density at radius 3 is 2.53 bits per heavy atom. The van der Waals surface area contributed by atoms with Gasteiger partial charge < -0.3 is 25.0 Å². The SMILES string of the molecule is Cc1cn2cc(NC(=O)N3CCc4c(N5CCNCC5)ccnc43)c(C3CC3)cc2n1.O=C(O)C(F)(F)F. The second kappa shape index (κ2) is 10.1. The largest absolute Gasteiger partial charge is 0.490 e. The molecule has 2 amide bonds. The molecule has 1 saturated carbocycles. The fraction of sp³-hybridized carbons (Fsp3) is 0.440. The topological polar surface area (TPSA) is 115 Å². The highest BCUT2D eigenvalue weighted by Crippen LogP contribution is 2.44. The molecule has 6 rings (SSSR count). The minimum atomic E-state index is -5.08. The van der Waals surface area contributed by atoms with Crippen LogP contribution >= 0.6 is 0 Å². The number of hydrogen-bond donors (Lipinski definition) is 3. The maximum absolute atomic E-state index is 13.3. The molecule has 3 N–H and O–H groups in total. The van der Waals surface area contributed by atoms with Crippen LogP contribution in [0.5, 0.6) is 0 Å². The van der Waals surface area contributed by atoms with Crippen molar-refractivity contribution in [2.75, 3.05) is 47.8 Å².